The van der Waals surface area contributed by atoms with Crippen molar-refractivity contribution in [3.63, 3.8) is 0 Å². The van der Waals surface area contributed by atoms with E-state index in [1.807, 2.05) is 0 Å². The minimum Gasteiger partial charge on any atom is -0.369 e. The Morgan fingerprint density at radius 1 is 0.935 bits per heavy atom. The van der Waals surface area contributed by atoms with E-state index in [0.29, 0.717) is 31.1 Å². The molecule has 1 amide bonds. The highest BCUT2D eigenvalue weighted by atomic mass is 32.2. The number of sulfonamides is 1. The lowest BCUT2D eigenvalue weighted by Crippen LogP contribution is -2.48. The second-order valence-electron chi connectivity index (χ2n) is 7.43. The van der Waals surface area contributed by atoms with Crippen LogP contribution in [0.4, 0.5) is 28.9 Å². The maximum atomic E-state index is 13.7. The summed E-state index contributed by atoms with van der Waals surface area (Å²) in [7, 11) is -3.81. The van der Waals surface area contributed by atoms with Gasteiger partial charge in [0.05, 0.1) is 10.5 Å². The van der Waals surface area contributed by atoms with Crippen molar-refractivity contribution in [2.45, 2.75) is 17.5 Å². The fourth-order valence-corrected chi connectivity index (χ4v) is 5.40. The van der Waals surface area contributed by atoms with Gasteiger partial charge in [0, 0.05) is 44.1 Å². The van der Waals surface area contributed by atoms with Crippen LogP contribution in [0.3, 0.4) is 0 Å². The molecule has 166 valence electrons. The molecule has 0 saturated carbocycles. The number of amides is 1. The van der Waals surface area contributed by atoms with Crippen molar-refractivity contribution >= 4 is 27.8 Å². The summed E-state index contributed by atoms with van der Waals surface area (Å²) in [6.45, 7) is 0.859. The second-order valence-corrected chi connectivity index (χ2v) is 9.36. The summed E-state index contributed by atoms with van der Waals surface area (Å²) < 4.78 is 79.9. The Hall–Kier alpha value is -2.66. The van der Waals surface area contributed by atoms with Crippen LogP contribution in [-0.2, 0) is 27.4 Å². The number of carbonyl (C=O) groups is 1. The van der Waals surface area contributed by atoms with Gasteiger partial charge in [-0.2, -0.15) is 17.5 Å². The van der Waals surface area contributed by atoms with Gasteiger partial charge in [-0.25, -0.2) is 12.8 Å². The molecule has 0 unspecified atom stereocenters. The molecule has 31 heavy (non-hydrogen) atoms. The molecule has 11 heteroatoms. The third-order valence-corrected chi connectivity index (χ3v) is 7.46. The molecule has 2 heterocycles. The number of hydrogen-bond donors (Lipinski definition) is 0. The first-order chi connectivity index (χ1) is 14.6. The van der Waals surface area contributed by atoms with Crippen LogP contribution in [0.1, 0.15) is 11.1 Å². The van der Waals surface area contributed by atoms with Crippen molar-refractivity contribution in [3.8, 4) is 0 Å². The Bertz CT molecular complexity index is 1110. The molecule has 0 aliphatic carbocycles. The van der Waals surface area contributed by atoms with Gasteiger partial charge in [0.25, 0.3) is 0 Å². The minimum absolute atomic E-state index is 0.0533. The Kier molecular flexibility index (Phi) is 5.42. The van der Waals surface area contributed by atoms with Crippen molar-refractivity contribution < 1.29 is 30.8 Å². The number of alkyl halides is 3. The lowest BCUT2D eigenvalue weighted by atomic mass is 10.1. The van der Waals surface area contributed by atoms with Gasteiger partial charge in [-0.3, -0.25) is 4.79 Å². The quantitative estimate of drug-likeness (QED) is 0.523. The number of piperazine rings is 1. The van der Waals surface area contributed by atoms with Gasteiger partial charge in [-0.05, 0) is 48.4 Å². The van der Waals surface area contributed by atoms with E-state index < -0.39 is 27.6 Å². The molecule has 2 aliphatic rings. The monoisotopic (exact) mass is 457 g/mol. The zero-order chi connectivity index (χ0) is 22.4. The van der Waals surface area contributed by atoms with E-state index in [4.69, 9.17) is 0 Å². The molecular formula is C20H19F4N3O3S. The molecule has 0 aromatic heterocycles. The van der Waals surface area contributed by atoms with E-state index in [2.05, 4.69) is 0 Å². The molecule has 0 bridgehead atoms. The smallest absolute Gasteiger partial charge is 0.369 e. The van der Waals surface area contributed by atoms with Gasteiger partial charge in [-0.1, -0.05) is 0 Å². The summed E-state index contributed by atoms with van der Waals surface area (Å²) in [6, 6.07) is 6.92. The fraction of sp³-hybridized carbons (Fsp3) is 0.350. The first-order valence-corrected chi connectivity index (χ1v) is 11.0. The molecule has 2 aromatic rings. The Morgan fingerprint density at radius 3 is 2.29 bits per heavy atom. The lowest BCUT2D eigenvalue weighted by Gasteiger charge is -2.35. The number of nitrogens with zero attached hydrogens (tertiary/aromatic N) is 3. The molecule has 0 radical (unpaired) electrons. The molecule has 1 fully saturated rings. The van der Waals surface area contributed by atoms with Gasteiger partial charge in [-0.15, -0.1) is 0 Å². The Labute approximate surface area is 176 Å². The van der Waals surface area contributed by atoms with Gasteiger partial charge in [0.2, 0.25) is 16.4 Å². The maximum Gasteiger partial charge on any atom is 0.416 e. The second kappa shape index (κ2) is 7.79. The first kappa shape index (κ1) is 21.6. The molecule has 1 saturated heterocycles. The third kappa shape index (κ3) is 4.11. The lowest BCUT2D eigenvalue weighted by molar-refractivity contribution is -0.137. The van der Waals surface area contributed by atoms with Crippen LogP contribution in [0.2, 0.25) is 0 Å². The van der Waals surface area contributed by atoms with Crippen LogP contribution >= 0.6 is 0 Å². The van der Waals surface area contributed by atoms with E-state index in [1.54, 1.807) is 12.1 Å². The van der Waals surface area contributed by atoms with Crippen molar-refractivity contribution in [1.82, 2.24) is 4.31 Å². The van der Waals surface area contributed by atoms with Gasteiger partial charge in [0.1, 0.15) is 5.82 Å². The zero-order valence-electron chi connectivity index (χ0n) is 16.3. The minimum atomic E-state index is -4.67. The summed E-state index contributed by atoms with van der Waals surface area (Å²) in [6.07, 6.45) is -3.41. The number of halogens is 4. The van der Waals surface area contributed by atoms with Crippen LogP contribution in [0.25, 0.3) is 0 Å². The molecule has 2 aromatic carbocycles. The van der Waals surface area contributed by atoms with E-state index in [1.165, 1.54) is 20.2 Å². The fourth-order valence-electron chi connectivity index (χ4n) is 3.93. The summed E-state index contributed by atoms with van der Waals surface area (Å²) in [5, 5.41) is 0. The molecule has 0 spiro atoms. The average Bonchev–Trinajstić information content (AvgIpc) is 3.15. The van der Waals surface area contributed by atoms with Crippen LogP contribution in [0, 0.1) is 5.82 Å². The topological polar surface area (TPSA) is 60.9 Å². The van der Waals surface area contributed by atoms with Gasteiger partial charge >= 0.3 is 6.18 Å². The van der Waals surface area contributed by atoms with E-state index in [9.17, 15) is 30.8 Å². The maximum absolute atomic E-state index is 13.7. The summed E-state index contributed by atoms with van der Waals surface area (Å²) in [5.74, 6) is -0.998. The summed E-state index contributed by atoms with van der Waals surface area (Å²) in [5.41, 5.74) is 0.438. The normalized spacial score (nSPS) is 17.7. The molecule has 0 N–H and O–H groups in total. The van der Waals surface area contributed by atoms with Crippen LogP contribution in [-0.4, -0.2) is 51.9 Å². The van der Waals surface area contributed by atoms with Crippen molar-refractivity contribution in [1.29, 1.82) is 0 Å². The van der Waals surface area contributed by atoms with Gasteiger partial charge < -0.3 is 9.80 Å². The number of anilines is 2. The third-order valence-electron chi connectivity index (χ3n) is 5.56. The average molecular weight is 457 g/mol. The number of fused-ring (bicyclic) bond motifs is 1. The van der Waals surface area contributed by atoms with E-state index >= 15 is 0 Å². The highest BCUT2D eigenvalue weighted by molar-refractivity contribution is 7.89. The van der Waals surface area contributed by atoms with Crippen molar-refractivity contribution in [2.75, 3.05) is 42.5 Å². The number of benzene rings is 2. The summed E-state index contributed by atoms with van der Waals surface area (Å²) in [4.78, 5) is 14.2. The Balaban J connectivity index is 1.50. The molecule has 2 aliphatic heterocycles. The standard InChI is InChI=1S/C20H19F4N3O3S/c21-16-10-15(20(22,23)24)11-17(12-16)25-5-7-27(8-6-25)31(29,30)18-1-2-19-14(9-18)3-4-26(19)13-28/h1-2,9-13H,3-8H2. The molecule has 6 nitrogen and oxygen atoms in total. The van der Waals surface area contributed by atoms with Gasteiger partial charge in [0.15, 0.2) is 0 Å². The SMILES string of the molecule is O=CN1CCc2cc(S(=O)(=O)N3CCN(c4cc(F)cc(C(F)(F)F)c4)CC3)ccc21. The largest absolute Gasteiger partial charge is 0.416 e. The first-order valence-electron chi connectivity index (χ1n) is 9.57. The van der Waals surface area contributed by atoms with E-state index in [-0.39, 0.29) is 36.8 Å². The predicted molar refractivity (Wildman–Crippen MR) is 106 cm³/mol. The highest BCUT2D eigenvalue weighted by Gasteiger charge is 2.33. The molecular weight excluding hydrogens is 438 g/mol. The van der Waals surface area contributed by atoms with Crippen molar-refractivity contribution in [3.05, 3.63) is 53.3 Å². The predicted octanol–water partition coefficient (Wildman–Crippen LogP) is 2.87. The zero-order valence-corrected chi connectivity index (χ0v) is 17.1. The molecule has 4 rings (SSSR count). The number of carbonyl (C=O) groups excluding carboxylic acids is 1. The van der Waals surface area contributed by atoms with Crippen molar-refractivity contribution in [2.24, 2.45) is 0 Å². The summed E-state index contributed by atoms with van der Waals surface area (Å²) >= 11 is 0. The highest BCUT2D eigenvalue weighted by Crippen LogP contribution is 2.34. The van der Waals surface area contributed by atoms with Crippen LogP contribution in [0.15, 0.2) is 41.3 Å². The van der Waals surface area contributed by atoms with Crippen LogP contribution in [0.5, 0.6) is 0 Å². The van der Waals surface area contributed by atoms with E-state index in [0.717, 1.165) is 17.7 Å². The number of rotatable bonds is 4. The Morgan fingerprint density at radius 2 is 1.65 bits per heavy atom. The van der Waals surface area contributed by atoms with Crippen LogP contribution < -0.4 is 9.80 Å². The molecule has 0 atom stereocenters. The number of hydrogen-bond acceptors (Lipinski definition) is 4.